The maximum Gasteiger partial charge on any atom is 0.167 e. The van der Waals surface area contributed by atoms with Crippen molar-refractivity contribution >= 4 is 16.9 Å². The Morgan fingerprint density at radius 1 is 1.41 bits per heavy atom. The van der Waals surface area contributed by atoms with Crippen molar-refractivity contribution in [3.8, 4) is 0 Å². The zero-order chi connectivity index (χ0) is 16.3. The summed E-state index contributed by atoms with van der Waals surface area (Å²) in [5.74, 6) is 0.320. The third-order valence-corrected chi connectivity index (χ3v) is 4.15. The molecule has 2 aromatic heterocycles. The summed E-state index contributed by atoms with van der Waals surface area (Å²) in [5, 5.41) is 31.8. The van der Waals surface area contributed by atoms with Crippen LogP contribution in [0.25, 0.3) is 11.0 Å². The highest BCUT2D eigenvalue weighted by Gasteiger charge is 2.57. The number of anilines is 1. The van der Waals surface area contributed by atoms with E-state index < -0.39 is 29.6 Å². The third kappa shape index (κ3) is 2.07. The molecule has 1 aliphatic heterocycles. The van der Waals surface area contributed by atoms with E-state index in [1.54, 1.807) is 16.8 Å². The van der Waals surface area contributed by atoms with Gasteiger partial charge in [-0.25, -0.2) is 9.97 Å². The molecule has 3 rings (SSSR count). The number of nitrogen functional groups attached to an aromatic ring is 1. The maximum absolute atomic E-state index is 10.7. The molecule has 1 fully saturated rings. The summed E-state index contributed by atoms with van der Waals surface area (Å²) in [4.78, 5) is 8.07. The van der Waals surface area contributed by atoms with Gasteiger partial charge in [-0.05, 0) is 26.8 Å². The molecule has 1 saturated heterocycles. The number of nitrogens with two attached hydrogens (primary N) is 1. The standard InChI is InChI=1S/C14H20N4O4/c1-13(2,20)9-8(19)14(3,21)12(22-9)18-5-4-7-10(15)16-6-17-11(7)18/h4-6,8-9,12,19-21H,1-3H3,(H2,15,16,17)/t8-,9+,12-,14-/m1/s1. The molecule has 0 radical (unpaired) electrons. The van der Waals surface area contributed by atoms with E-state index in [0.717, 1.165) is 0 Å². The van der Waals surface area contributed by atoms with Gasteiger partial charge in [0.2, 0.25) is 0 Å². The van der Waals surface area contributed by atoms with Gasteiger partial charge in [0.25, 0.3) is 0 Å². The number of ether oxygens (including phenoxy) is 1. The van der Waals surface area contributed by atoms with Crippen LogP contribution in [-0.4, -0.2) is 53.3 Å². The first-order valence-electron chi connectivity index (χ1n) is 6.99. The highest BCUT2D eigenvalue weighted by Crippen LogP contribution is 2.43. The molecule has 22 heavy (non-hydrogen) atoms. The summed E-state index contributed by atoms with van der Waals surface area (Å²) in [5.41, 5.74) is 3.38. The maximum atomic E-state index is 10.7. The van der Waals surface area contributed by atoms with Crippen LogP contribution in [0.3, 0.4) is 0 Å². The highest BCUT2D eigenvalue weighted by molar-refractivity contribution is 5.86. The smallest absolute Gasteiger partial charge is 0.167 e. The topological polar surface area (TPSA) is 127 Å². The van der Waals surface area contributed by atoms with Gasteiger partial charge in [-0.1, -0.05) is 0 Å². The Hall–Kier alpha value is -1.74. The van der Waals surface area contributed by atoms with Gasteiger partial charge < -0.3 is 30.4 Å². The average Bonchev–Trinajstić information content (AvgIpc) is 2.91. The Bertz CT molecular complexity index is 706. The summed E-state index contributed by atoms with van der Waals surface area (Å²) in [6.07, 6.45) is -0.125. The van der Waals surface area contributed by atoms with Gasteiger partial charge >= 0.3 is 0 Å². The van der Waals surface area contributed by atoms with Crippen LogP contribution in [-0.2, 0) is 4.74 Å². The number of rotatable bonds is 2. The third-order valence-electron chi connectivity index (χ3n) is 4.15. The molecule has 1 aliphatic rings. The van der Waals surface area contributed by atoms with Crippen molar-refractivity contribution in [1.29, 1.82) is 0 Å². The van der Waals surface area contributed by atoms with E-state index in [1.165, 1.54) is 27.1 Å². The number of aliphatic hydroxyl groups excluding tert-OH is 1. The normalized spacial score (nSPS) is 32.7. The van der Waals surface area contributed by atoms with E-state index in [4.69, 9.17) is 10.5 Å². The second kappa shape index (κ2) is 4.63. The van der Waals surface area contributed by atoms with Gasteiger partial charge in [0.1, 0.15) is 35.6 Å². The lowest BCUT2D eigenvalue weighted by Gasteiger charge is -2.29. The summed E-state index contributed by atoms with van der Waals surface area (Å²) >= 11 is 0. The molecular weight excluding hydrogens is 288 g/mol. The van der Waals surface area contributed by atoms with Crippen molar-refractivity contribution in [2.45, 2.75) is 50.4 Å². The Morgan fingerprint density at radius 3 is 2.68 bits per heavy atom. The van der Waals surface area contributed by atoms with Gasteiger partial charge in [0.05, 0.1) is 11.0 Å². The summed E-state index contributed by atoms with van der Waals surface area (Å²) < 4.78 is 7.34. The van der Waals surface area contributed by atoms with Crippen molar-refractivity contribution in [3.63, 3.8) is 0 Å². The Balaban J connectivity index is 2.09. The van der Waals surface area contributed by atoms with Crippen LogP contribution < -0.4 is 5.73 Å². The second-order valence-electron chi connectivity index (χ2n) is 6.45. The summed E-state index contributed by atoms with van der Waals surface area (Å²) in [7, 11) is 0. The molecule has 0 saturated carbocycles. The van der Waals surface area contributed by atoms with Crippen LogP contribution in [0.1, 0.15) is 27.0 Å². The number of aliphatic hydroxyl groups is 3. The van der Waals surface area contributed by atoms with Crippen molar-refractivity contribution < 1.29 is 20.1 Å². The second-order valence-corrected chi connectivity index (χ2v) is 6.45. The van der Waals surface area contributed by atoms with Gasteiger partial charge in [0.15, 0.2) is 6.23 Å². The number of nitrogens with zero attached hydrogens (tertiary/aromatic N) is 3. The fourth-order valence-corrected chi connectivity index (χ4v) is 2.88. The van der Waals surface area contributed by atoms with Crippen LogP contribution in [0, 0.1) is 0 Å². The van der Waals surface area contributed by atoms with Crippen LogP contribution in [0.2, 0.25) is 0 Å². The molecule has 0 bridgehead atoms. The van der Waals surface area contributed by atoms with Gasteiger partial charge in [0, 0.05) is 6.20 Å². The first-order valence-corrected chi connectivity index (χ1v) is 6.99. The first-order chi connectivity index (χ1) is 10.1. The molecule has 8 nitrogen and oxygen atoms in total. The van der Waals surface area contributed by atoms with Crippen LogP contribution in [0.4, 0.5) is 5.82 Å². The SMILES string of the molecule is CC(C)(O)[C@H]1O[C@@H](n2ccc3c(N)ncnc32)[C@](C)(O)[C@@H]1O. The van der Waals surface area contributed by atoms with E-state index in [2.05, 4.69) is 9.97 Å². The molecule has 0 amide bonds. The fraction of sp³-hybridized carbons (Fsp3) is 0.571. The van der Waals surface area contributed by atoms with E-state index in [-0.39, 0.29) is 0 Å². The minimum absolute atomic E-state index is 0.320. The first kappa shape index (κ1) is 15.2. The number of hydrogen-bond donors (Lipinski definition) is 4. The lowest BCUT2D eigenvalue weighted by atomic mass is 9.89. The summed E-state index contributed by atoms with van der Waals surface area (Å²) in [6, 6.07) is 1.72. The minimum atomic E-state index is -1.60. The molecule has 5 N–H and O–H groups in total. The Kier molecular flexibility index (Phi) is 3.19. The largest absolute Gasteiger partial charge is 0.388 e. The Morgan fingerprint density at radius 2 is 2.09 bits per heavy atom. The average molecular weight is 308 g/mol. The van der Waals surface area contributed by atoms with Gasteiger partial charge in [-0.3, -0.25) is 0 Å². The van der Waals surface area contributed by atoms with Gasteiger partial charge in [-0.2, -0.15) is 0 Å². The quantitative estimate of drug-likeness (QED) is 0.604. The number of fused-ring (bicyclic) bond motifs is 1. The van der Waals surface area contributed by atoms with E-state index >= 15 is 0 Å². The molecule has 4 atom stereocenters. The zero-order valence-electron chi connectivity index (χ0n) is 12.6. The molecule has 120 valence electrons. The van der Waals surface area contributed by atoms with Crippen molar-refractivity contribution in [2.24, 2.45) is 0 Å². The molecule has 0 spiro atoms. The Labute approximate surface area is 127 Å². The molecule has 0 aliphatic carbocycles. The number of aromatic nitrogens is 3. The summed E-state index contributed by atoms with van der Waals surface area (Å²) in [6.45, 7) is 4.50. The predicted molar refractivity (Wildman–Crippen MR) is 78.8 cm³/mol. The van der Waals surface area contributed by atoms with Crippen molar-refractivity contribution in [2.75, 3.05) is 5.73 Å². The lowest BCUT2D eigenvalue weighted by Crippen LogP contribution is -2.49. The molecular formula is C14H20N4O4. The lowest BCUT2D eigenvalue weighted by molar-refractivity contribution is -0.124. The van der Waals surface area contributed by atoms with Crippen LogP contribution in [0.5, 0.6) is 0 Å². The van der Waals surface area contributed by atoms with Crippen LogP contribution in [0.15, 0.2) is 18.6 Å². The monoisotopic (exact) mass is 308 g/mol. The minimum Gasteiger partial charge on any atom is -0.388 e. The zero-order valence-corrected chi connectivity index (χ0v) is 12.6. The molecule has 3 heterocycles. The van der Waals surface area contributed by atoms with E-state index in [9.17, 15) is 15.3 Å². The van der Waals surface area contributed by atoms with Crippen molar-refractivity contribution in [1.82, 2.24) is 14.5 Å². The predicted octanol–water partition coefficient (Wildman–Crippen LogP) is -0.206. The molecule has 0 aromatic carbocycles. The highest BCUT2D eigenvalue weighted by atomic mass is 16.6. The molecule has 8 heteroatoms. The van der Waals surface area contributed by atoms with E-state index in [1.807, 2.05) is 0 Å². The number of hydrogen-bond acceptors (Lipinski definition) is 7. The fourth-order valence-electron chi connectivity index (χ4n) is 2.88. The van der Waals surface area contributed by atoms with Crippen LogP contribution >= 0.6 is 0 Å². The molecule has 0 unspecified atom stereocenters. The molecule has 2 aromatic rings. The van der Waals surface area contributed by atoms with Crippen molar-refractivity contribution in [3.05, 3.63) is 18.6 Å². The van der Waals surface area contributed by atoms with Gasteiger partial charge in [-0.15, -0.1) is 0 Å². The van der Waals surface area contributed by atoms with E-state index in [0.29, 0.717) is 16.9 Å².